The number of amides is 1. The van der Waals surface area contributed by atoms with E-state index in [1.165, 1.54) is 0 Å². The molecule has 1 amide bonds. The quantitative estimate of drug-likeness (QED) is 0.183. The molecule has 4 aromatic carbocycles. The number of anilines is 3. The van der Waals surface area contributed by atoms with Gasteiger partial charge in [0, 0.05) is 35.7 Å². The van der Waals surface area contributed by atoms with Crippen LogP contribution in [0.5, 0.6) is 0 Å². The van der Waals surface area contributed by atoms with Gasteiger partial charge in [0.25, 0.3) is 5.91 Å². The lowest BCUT2D eigenvalue weighted by molar-refractivity contribution is 0.102. The molecule has 37 heavy (non-hydrogen) atoms. The Kier molecular flexibility index (Phi) is 9.18. The average molecular weight is 526 g/mol. The number of hydrogen-bond donors (Lipinski definition) is 5. The lowest BCUT2D eigenvalue weighted by Crippen LogP contribution is -2.27. The zero-order valence-corrected chi connectivity index (χ0v) is 21.7. The van der Waals surface area contributed by atoms with Crippen molar-refractivity contribution >= 4 is 57.6 Å². The van der Waals surface area contributed by atoms with Crippen molar-refractivity contribution in [3.63, 3.8) is 0 Å². The molecule has 0 fully saturated rings. The van der Waals surface area contributed by atoms with Crippen LogP contribution < -0.4 is 26.6 Å². The first-order valence-corrected chi connectivity index (χ1v) is 12.6. The van der Waals surface area contributed by atoms with Crippen molar-refractivity contribution in [1.82, 2.24) is 10.6 Å². The van der Waals surface area contributed by atoms with Crippen LogP contribution in [0.3, 0.4) is 0 Å². The molecule has 4 rings (SSSR count). The van der Waals surface area contributed by atoms with Gasteiger partial charge in [0.2, 0.25) is 0 Å². The van der Waals surface area contributed by atoms with Crippen LogP contribution in [0.2, 0.25) is 0 Å². The second kappa shape index (κ2) is 13.2. The summed E-state index contributed by atoms with van der Waals surface area (Å²) in [6.07, 6.45) is 0. The summed E-state index contributed by atoms with van der Waals surface area (Å²) < 4.78 is 0. The Morgan fingerprint density at radius 1 is 0.514 bits per heavy atom. The molecule has 8 heteroatoms. The summed E-state index contributed by atoms with van der Waals surface area (Å²) in [5, 5.41) is 16.6. The summed E-state index contributed by atoms with van der Waals surface area (Å²) in [6.45, 7) is 1.28. The maximum absolute atomic E-state index is 12.7. The molecule has 0 aliphatic heterocycles. The molecule has 0 heterocycles. The third-order valence-electron chi connectivity index (χ3n) is 5.40. The number of hydrogen-bond acceptors (Lipinski definition) is 3. The molecule has 0 aliphatic rings. The molecule has 0 unspecified atom stereocenters. The SMILES string of the molecule is O=C(Nc1ccc(NC(=S)NCc2ccccc2)cc1)c1ccc(NC(=S)NCc2ccccc2)cc1. The Morgan fingerprint density at radius 2 is 0.892 bits per heavy atom. The largest absolute Gasteiger partial charge is 0.358 e. The predicted octanol–water partition coefficient (Wildman–Crippen LogP) is 5.91. The second-order valence-electron chi connectivity index (χ2n) is 8.20. The van der Waals surface area contributed by atoms with Gasteiger partial charge in [-0.1, -0.05) is 60.7 Å². The van der Waals surface area contributed by atoms with Gasteiger partial charge < -0.3 is 26.6 Å². The molecule has 0 atom stereocenters. The van der Waals surface area contributed by atoms with Gasteiger partial charge in [-0.15, -0.1) is 0 Å². The highest BCUT2D eigenvalue weighted by atomic mass is 32.1. The third kappa shape index (κ3) is 8.42. The van der Waals surface area contributed by atoms with Gasteiger partial charge >= 0.3 is 0 Å². The molecular weight excluding hydrogens is 498 g/mol. The number of carbonyl (C=O) groups is 1. The van der Waals surface area contributed by atoms with Gasteiger partial charge in [-0.05, 0) is 84.1 Å². The summed E-state index contributed by atoms with van der Waals surface area (Å²) in [6, 6.07) is 34.6. The normalized spacial score (nSPS) is 10.2. The van der Waals surface area contributed by atoms with E-state index in [1.807, 2.05) is 97.1 Å². The molecule has 5 N–H and O–H groups in total. The highest BCUT2D eigenvalue weighted by molar-refractivity contribution is 7.80. The van der Waals surface area contributed by atoms with Crippen molar-refractivity contribution in [1.29, 1.82) is 0 Å². The van der Waals surface area contributed by atoms with Crippen LogP contribution >= 0.6 is 24.4 Å². The number of rotatable bonds is 8. The smallest absolute Gasteiger partial charge is 0.255 e. The van der Waals surface area contributed by atoms with E-state index in [-0.39, 0.29) is 5.91 Å². The standard InChI is InChI=1S/C29H27N5OS2/c35-27(23-11-13-25(14-12-23)33-28(36)30-19-21-7-3-1-4-8-21)32-24-15-17-26(18-16-24)34-29(37)31-20-22-9-5-2-6-10-22/h1-18H,19-20H2,(H,32,35)(H2,30,33,36)(H2,31,34,37). The molecule has 0 aromatic heterocycles. The monoisotopic (exact) mass is 525 g/mol. The topological polar surface area (TPSA) is 77.2 Å². The summed E-state index contributed by atoms with van der Waals surface area (Å²) in [7, 11) is 0. The van der Waals surface area contributed by atoms with Gasteiger partial charge in [0.05, 0.1) is 0 Å². The van der Waals surface area contributed by atoms with Crippen molar-refractivity contribution in [2.24, 2.45) is 0 Å². The van der Waals surface area contributed by atoms with Crippen LogP contribution in [-0.2, 0) is 13.1 Å². The van der Waals surface area contributed by atoms with Gasteiger partial charge in [0.1, 0.15) is 0 Å². The molecule has 186 valence electrons. The zero-order chi connectivity index (χ0) is 25.9. The van der Waals surface area contributed by atoms with E-state index >= 15 is 0 Å². The Balaban J connectivity index is 1.22. The number of benzene rings is 4. The van der Waals surface area contributed by atoms with E-state index in [0.717, 1.165) is 22.5 Å². The molecule has 0 saturated carbocycles. The first-order chi connectivity index (χ1) is 18.0. The fourth-order valence-corrected chi connectivity index (χ4v) is 3.83. The number of carbonyl (C=O) groups excluding carboxylic acids is 1. The Morgan fingerprint density at radius 3 is 1.32 bits per heavy atom. The fourth-order valence-electron chi connectivity index (χ4n) is 3.45. The Hall–Kier alpha value is -4.27. The lowest BCUT2D eigenvalue weighted by atomic mass is 10.2. The Bertz CT molecular complexity index is 1330. The summed E-state index contributed by atoms with van der Waals surface area (Å²) in [5.74, 6) is -0.197. The van der Waals surface area contributed by atoms with Crippen LogP contribution in [0, 0.1) is 0 Å². The van der Waals surface area contributed by atoms with Gasteiger partial charge in [-0.2, -0.15) is 0 Å². The lowest BCUT2D eigenvalue weighted by Gasteiger charge is -2.12. The van der Waals surface area contributed by atoms with Crippen molar-refractivity contribution in [2.45, 2.75) is 13.1 Å². The molecule has 0 aliphatic carbocycles. The summed E-state index contributed by atoms with van der Waals surface area (Å²) in [4.78, 5) is 12.7. The van der Waals surface area contributed by atoms with E-state index < -0.39 is 0 Å². The molecule has 0 radical (unpaired) electrons. The minimum atomic E-state index is -0.197. The van der Waals surface area contributed by atoms with Crippen LogP contribution in [0.4, 0.5) is 17.1 Å². The van der Waals surface area contributed by atoms with Crippen molar-refractivity contribution in [3.05, 3.63) is 126 Å². The van der Waals surface area contributed by atoms with Gasteiger partial charge in [0.15, 0.2) is 10.2 Å². The maximum Gasteiger partial charge on any atom is 0.255 e. The molecule has 0 saturated heterocycles. The fraction of sp³-hybridized carbons (Fsp3) is 0.0690. The number of nitrogens with one attached hydrogen (secondary N) is 5. The van der Waals surface area contributed by atoms with Gasteiger partial charge in [-0.3, -0.25) is 4.79 Å². The molecule has 6 nitrogen and oxygen atoms in total. The molecular formula is C29H27N5OS2. The van der Waals surface area contributed by atoms with E-state index in [2.05, 4.69) is 26.6 Å². The van der Waals surface area contributed by atoms with E-state index in [0.29, 0.717) is 34.6 Å². The van der Waals surface area contributed by atoms with Crippen LogP contribution in [0.15, 0.2) is 109 Å². The van der Waals surface area contributed by atoms with E-state index in [1.54, 1.807) is 12.1 Å². The second-order valence-corrected chi connectivity index (χ2v) is 9.01. The highest BCUT2D eigenvalue weighted by Gasteiger charge is 2.07. The summed E-state index contributed by atoms with van der Waals surface area (Å²) >= 11 is 10.7. The first kappa shape index (κ1) is 25.8. The summed E-state index contributed by atoms with van der Waals surface area (Å²) in [5.41, 5.74) is 5.15. The van der Waals surface area contributed by atoms with Crippen LogP contribution in [0.1, 0.15) is 21.5 Å². The Labute approximate surface area is 227 Å². The molecule has 0 bridgehead atoms. The van der Waals surface area contributed by atoms with Crippen LogP contribution in [-0.4, -0.2) is 16.1 Å². The van der Waals surface area contributed by atoms with E-state index in [4.69, 9.17) is 24.4 Å². The minimum Gasteiger partial charge on any atom is -0.358 e. The predicted molar refractivity (Wildman–Crippen MR) is 160 cm³/mol. The van der Waals surface area contributed by atoms with Crippen molar-refractivity contribution in [3.8, 4) is 0 Å². The zero-order valence-electron chi connectivity index (χ0n) is 20.0. The average Bonchev–Trinajstić information content (AvgIpc) is 2.93. The third-order valence-corrected chi connectivity index (χ3v) is 5.89. The molecule has 4 aromatic rings. The first-order valence-electron chi connectivity index (χ1n) is 11.7. The van der Waals surface area contributed by atoms with Gasteiger partial charge in [-0.25, -0.2) is 0 Å². The molecule has 0 spiro atoms. The van der Waals surface area contributed by atoms with Crippen LogP contribution in [0.25, 0.3) is 0 Å². The van der Waals surface area contributed by atoms with Crippen molar-refractivity contribution in [2.75, 3.05) is 16.0 Å². The van der Waals surface area contributed by atoms with E-state index in [9.17, 15) is 4.79 Å². The maximum atomic E-state index is 12.7. The highest BCUT2D eigenvalue weighted by Crippen LogP contribution is 2.16. The minimum absolute atomic E-state index is 0.197. The number of thiocarbonyl (C=S) groups is 2. The van der Waals surface area contributed by atoms with Crippen molar-refractivity contribution < 1.29 is 4.79 Å².